The van der Waals surface area contributed by atoms with E-state index in [2.05, 4.69) is 21.7 Å². The van der Waals surface area contributed by atoms with Crippen molar-refractivity contribution in [3.8, 4) is 0 Å². The molecule has 1 atom stereocenters. The van der Waals surface area contributed by atoms with Gasteiger partial charge in [-0.2, -0.15) is 0 Å². The number of allylic oxidation sites excluding steroid dienone is 1. The van der Waals surface area contributed by atoms with Gasteiger partial charge in [-0.15, -0.1) is 0 Å². The molecule has 0 saturated heterocycles. The number of para-hydroxylation sites is 1. The van der Waals surface area contributed by atoms with Crippen LogP contribution in [0.4, 0.5) is 5.69 Å². The van der Waals surface area contributed by atoms with Gasteiger partial charge in [0, 0.05) is 30.3 Å². The Morgan fingerprint density at radius 3 is 2.84 bits per heavy atom. The van der Waals surface area contributed by atoms with Gasteiger partial charge in [-0.3, -0.25) is 19.0 Å². The SMILES string of the molecule is Cc1ccc(C(=O)NC2C=CCC2)cc1NC(=O)CCn1cnc2ccccc2c1=O. The molecule has 2 N–H and O–H groups in total. The Morgan fingerprint density at radius 2 is 2.03 bits per heavy atom. The third-order valence-electron chi connectivity index (χ3n) is 5.41. The summed E-state index contributed by atoms with van der Waals surface area (Å²) in [6.07, 6.45) is 7.51. The number of fused-ring (bicyclic) bond motifs is 1. The van der Waals surface area contributed by atoms with E-state index in [1.807, 2.05) is 25.1 Å². The van der Waals surface area contributed by atoms with Crippen molar-refractivity contribution in [1.29, 1.82) is 0 Å². The maximum Gasteiger partial charge on any atom is 0.261 e. The Morgan fingerprint density at radius 1 is 1.19 bits per heavy atom. The van der Waals surface area contributed by atoms with E-state index in [9.17, 15) is 14.4 Å². The van der Waals surface area contributed by atoms with E-state index in [4.69, 9.17) is 0 Å². The Hall–Kier alpha value is -3.74. The van der Waals surface area contributed by atoms with Gasteiger partial charge in [-0.25, -0.2) is 4.98 Å². The number of aryl methyl sites for hydroxylation is 2. The maximum atomic E-state index is 12.6. The molecule has 0 radical (unpaired) electrons. The molecule has 3 aromatic rings. The molecular formula is C24H24N4O3. The van der Waals surface area contributed by atoms with Crippen molar-refractivity contribution < 1.29 is 9.59 Å². The van der Waals surface area contributed by atoms with Gasteiger partial charge in [0.2, 0.25) is 5.91 Å². The summed E-state index contributed by atoms with van der Waals surface area (Å²) >= 11 is 0. The molecule has 158 valence electrons. The molecule has 2 amide bonds. The smallest absolute Gasteiger partial charge is 0.261 e. The van der Waals surface area contributed by atoms with Gasteiger partial charge in [0.15, 0.2) is 0 Å². The highest BCUT2D eigenvalue weighted by molar-refractivity contribution is 5.98. The molecule has 0 bridgehead atoms. The lowest BCUT2D eigenvalue weighted by atomic mass is 10.1. The van der Waals surface area contributed by atoms with Gasteiger partial charge in [0.25, 0.3) is 11.5 Å². The number of nitrogens with one attached hydrogen (secondary N) is 2. The molecule has 0 fully saturated rings. The molecule has 0 aliphatic heterocycles. The Labute approximate surface area is 179 Å². The molecule has 2 aromatic carbocycles. The largest absolute Gasteiger partial charge is 0.346 e. The average molecular weight is 416 g/mol. The van der Waals surface area contributed by atoms with Crippen molar-refractivity contribution in [3.05, 3.63) is 82.4 Å². The second-order valence-corrected chi connectivity index (χ2v) is 7.67. The van der Waals surface area contributed by atoms with Gasteiger partial charge in [-0.1, -0.05) is 30.4 Å². The van der Waals surface area contributed by atoms with Crippen LogP contribution in [-0.4, -0.2) is 27.4 Å². The van der Waals surface area contributed by atoms with Crippen molar-refractivity contribution in [2.24, 2.45) is 0 Å². The molecular weight excluding hydrogens is 392 g/mol. The number of carbonyl (C=O) groups is 2. The Bertz CT molecular complexity index is 1230. The van der Waals surface area contributed by atoms with Crippen LogP contribution >= 0.6 is 0 Å². The van der Waals surface area contributed by atoms with Crippen molar-refractivity contribution in [2.75, 3.05) is 5.32 Å². The number of anilines is 1. The molecule has 31 heavy (non-hydrogen) atoms. The molecule has 0 spiro atoms. The highest BCUT2D eigenvalue weighted by Crippen LogP contribution is 2.18. The predicted molar refractivity (Wildman–Crippen MR) is 120 cm³/mol. The minimum atomic E-state index is -0.237. The topological polar surface area (TPSA) is 93.1 Å². The van der Waals surface area contributed by atoms with Crippen LogP contribution in [0.1, 0.15) is 35.2 Å². The molecule has 0 saturated carbocycles. The van der Waals surface area contributed by atoms with E-state index in [-0.39, 0.29) is 36.4 Å². The summed E-state index contributed by atoms with van der Waals surface area (Å²) in [5.41, 5.74) is 2.40. The van der Waals surface area contributed by atoms with E-state index in [1.54, 1.807) is 30.3 Å². The normalized spacial score (nSPS) is 15.2. The van der Waals surface area contributed by atoms with E-state index in [1.165, 1.54) is 10.9 Å². The number of carbonyl (C=O) groups excluding carboxylic acids is 2. The van der Waals surface area contributed by atoms with E-state index < -0.39 is 0 Å². The van der Waals surface area contributed by atoms with E-state index in [0.29, 0.717) is 22.2 Å². The molecule has 7 heteroatoms. The van der Waals surface area contributed by atoms with Crippen LogP contribution in [-0.2, 0) is 11.3 Å². The third kappa shape index (κ3) is 4.71. The number of aromatic nitrogens is 2. The fourth-order valence-electron chi connectivity index (χ4n) is 3.60. The van der Waals surface area contributed by atoms with Gasteiger partial charge >= 0.3 is 0 Å². The summed E-state index contributed by atoms with van der Waals surface area (Å²) in [4.78, 5) is 41.8. The second kappa shape index (κ2) is 8.95. The van der Waals surface area contributed by atoms with E-state index >= 15 is 0 Å². The quantitative estimate of drug-likeness (QED) is 0.604. The number of amides is 2. The molecule has 1 aromatic heterocycles. The average Bonchev–Trinajstić information content (AvgIpc) is 3.28. The number of rotatable bonds is 6. The van der Waals surface area contributed by atoms with Crippen LogP contribution < -0.4 is 16.2 Å². The van der Waals surface area contributed by atoms with Crippen LogP contribution in [0.5, 0.6) is 0 Å². The van der Waals surface area contributed by atoms with Crippen molar-refractivity contribution >= 4 is 28.4 Å². The lowest BCUT2D eigenvalue weighted by Crippen LogP contribution is -2.32. The molecule has 1 unspecified atom stereocenters. The first-order valence-corrected chi connectivity index (χ1v) is 10.3. The maximum absolute atomic E-state index is 12.6. The van der Waals surface area contributed by atoms with Crippen LogP contribution in [0.2, 0.25) is 0 Å². The van der Waals surface area contributed by atoms with Crippen LogP contribution in [0.15, 0.2) is 65.7 Å². The van der Waals surface area contributed by atoms with Gasteiger partial charge < -0.3 is 10.6 Å². The monoisotopic (exact) mass is 416 g/mol. The summed E-state index contributed by atoms with van der Waals surface area (Å²) in [5, 5.41) is 6.36. The molecule has 1 heterocycles. The summed E-state index contributed by atoms with van der Waals surface area (Å²) < 4.78 is 1.44. The zero-order valence-corrected chi connectivity index (χ0v) is 17.3. The minimum Gasteiger partial charge on any atom is -0.346 e. The standard InChI is InChI=1S/C24H24N4O3/c1-16-10-11-17(23(30)26-18-6-2-3-7-18)14-21(16)27-22(29)12-13-28-15-25-20-9-5-4-8-19(20)24(28)31/h2,4-6,8-11,14-15,18H,3,7,12-13H2,1H3,(H,26,30)(H,27,29). The van der Waals surface area contributed by atoms with Crippen molar-refractivity contribution in [2.45, 2.75) is 38.8 Å². The molecule has 7 nitrogen and oxygen atoms in total. The molecule has 1 aliphatic carbocycles. The summed E-state index contributed by atoms with van der Waals surface area (Å²) in [6.45, 7) is 2.09. The third-order valence-corrected chi connectivity index (χ3v) is 5.41. The molecule has 1 aliphatic rings. The minimum absolute atomic E-state index is 0.0562. The van der Waals surface area contributed by atoms with Gasteiger partial charge in [0.1, 0.15) is 0 Å². The van der Waals surface area contributed by atoms with Gasteiger partial charge in [-0.05, 0) is 49.6 Å². The van der Waals surface area contributed by atoms with Crippen LogP contribution in [0.25, 0.3) is 10.9 Å². The second-order valence-electron chi connectivity index (χ2n) is 7.67. The fraction of sp³-hybridized carbons (Fsp3) is 0.250. The van der Waals surface area contributed by atoms with Crippen molar-refractivity contribution in [1.82, 2.24) is 14.9 Å². The fourth-order valence-corrected chi connectivity index (χ4v) is 3.60. The number of hydrogen-bond donors (Lipinski definition) is 2. The molecule has 4 rings (SSSR count). The summed E-state index contributed by atoms with van der Waals surface area (Å²) in [7, 11) is 0. The first-order chi connectivity index (χ1) is 15.0. The zero-order chi connectivity index (χ0) is 21.8. The predicted octanol–water partition coefficient (Wildman–Crippen LogP) is 3.18. The zero-order valence-electron chi connectivity index (χ0n) is 17.3. The number of nitrogens with zero attached hydrogens (tertiary/aromatic N) is 2. The number of hydrogen-bond acceptors (Lipinski definition) is 4. The Balaban J connectivity index is 1.41. The van der Waals surface area contributed by atoms with Crippen LogP contribution in [0.3, 0.4) is 0 Å². The highest BCUT2D eigenvalue weighted by Gasteiger charge is 2.15. The lowest BCUT2D eigenvalue weighted by Gasteiger charge is -2.13. The van der Waals surface area contributed by atoms with Crippen molar-refractivity contribution in [3.63, 3.8) is 0 Å². The van der Waals surface area contributed by atoms with Gasteiger partial charge in [0.05, 0.1) is 17.2 Å². The summed E-state index contributed by atoms with van der Waals surface area (Å²) in [5.74, 6) is -0.403. The summed E-state index contributed by atoms with van der Waals surface area (Å²) in [6, 6.07) is 12.4. The first-order valence-electron chi connectivity index (χ1n) is 10.3. The lowest BCUT2D eigenvalue weighted by molar-refractivity contribution is -0.116. The Kier molecular flexibility index (Phi) is 5.93. The first kappa shape index (κ1) is 20.5. The van der Waals surface area contributed by atoms with E-state index in [0.717, 1.165) is 18.4 Å². The van der Waals surface area contributed by atoms with Crippen LogP contribution in [0, 0.1) is 6.92 Å². The highest BCUT2D eigenvalue weighted by atomic mass is 16.2. The number of benzene rings is 2.